The Balaban J connectivity index is 1.97. The molecule has 1 aromatic rings. The van der Waals surface area contributed by atoms with E-state index in [-0.39, 0.29) is 12.5 Å². The molecule has 0 aromatic heterocycles. The molecule has 4 atom stereocenters. The van der Waals surface area contributed by atoms with Crippen molar-refractivity contribution >= 4 is 29.8 Å². The molecule has 210 valence electrons. The zero-order valence-electron chi connectivity index (χ0n) is 22.3. The highest BCUT2D eigenvalue weighted by molar-refractivity contribution is 5.94. The van der Waals surface area contributed by atoms with Crippen molar-refractivity contribution < 1.29 is 38.6 Å². The van der Waals surface area contributed by atoms with Gasteiger partial charge in [-0.3, -0.25) is 14.4 Å². The number of carbonyl (C=O) groups is 5. The lowest BCUT2D eigenvalue weighted by Gasteiger charge is -2.29. The quantitative estimate of drug-likeness (QED) is 0.281. The summed E-state index contributed by atoms with van der Waals surface area (Å²) in [6.07, 6.45) is -0.613. The van der Waals surface area contributed by atoms with E-state index in [1.165, 1.54) is 11.8 Å². The maximum absolute atomic E-state index is 13.4. The number of carbonyl (C=O) groups excluding carboxylic acids is 5. The van der Waals surface area contributed by atoms with Crippen LogP contribution in [0.2, 0.25) is 0 Å². The molecule has 0 bridgehead atoms. The molecule has 1 heterocycles. The Labute approximate surface area is 222 Å². The maximum atomic E-state index is 13.4. The van der Waals surface area contributed by atoms with E-state index in [0.29, 0.717) is 25.8 Å². The number of rotatable bonds is 12. The second-order valence-corrected chi connectivity index (χ2v) is 9.60. The molecule has 1 aliphatic heterocycles. The molecule has 0 unspecified atom stereocenters. The fraction of sp³-hybridized carbons (Fsp3) is 0.577. The smallest absolute Gasteiger partial charge is 0.408 e. The van der Waals surface area contributed by atoms with E-state index in [4.69, 9.17) is 4.74 Å². The van der Waals surface area contributed by atoms with E-state index in [1.807, 2.05) is 44.2 Å². The zero-order chi connectivity index (χ0) is 28.2. The predicted molar refractivity (Wildman–Crippen MR) is 136 cm³/mol. The van der Waals surface area contributed by atoms with Crippen molar-refractivity contribution in [2.45, 2.75) is 70.9 Å². The van der Waals surface area contributed by atoms with E-state index >= 15 is 0 Å². The molecule has 0 aliphatic carbocycles. The average molecular weight is 535 g/mol. The van der Waals surface area contributed by atoms with Gasteiger partial charge in [0.05, 0.1) is 19.8 Å². The monoisotopic (exact) mass is 534 g/mol. The second-order valence-electron chi connectivity index (χ2n) is 9.60. The van der Waals surface area contributed by atoms with Crippen LogP contribution in [0.1, 0.15) is 45.6 Å². The number of hydrogen-bond acceptors (Lipinski definition) is 8. The number of nitrogens with zero attached hydrogens (tertiary/aromatic N) is 1. The van der Waals surface area contributed by atoms with E-state index in [2.05, 4.69) is 20.7 Å². The van der Waals surface area contributed by atoms with Crippen LogP contribution in [0.25, 0.3) is 0 Å². The van der Waals surface area contributed by atoms with Crippen LogP contribution in [0.5, 0.6) is 0 Å². The van der Waals surface area contributed by atoms with Crippen LogP contribution < -0.4 is 16.0 Å². The average Bonchev–Trinajstić information content (AvgIpc) is 3.38. The summed E-state index contributed by atoms with van der Waals surface area (Å²) in [5.74, 6) is -2.39. The minimum Gasteiger partial charge on any atom is -0.467 e. The summed E-state index contributed by atoms with van der Waals surface area (Å²) in [4.78, 5) is 64.1. The predicted octanol–water partition coefficient (Wildman–Crippen LogP) is 0.473. The Morgan fingerprint density at radius 3 is 2.37 bits per heavy atom. The first-order valence-corrected chi connectivity index (χ1v) is 12.6. The first kappa shape index (κ1) is 30.6. The van der Waals surface area contributed by atoms with Crippen LogP contribution in [-0.4, -0.2) is 84.2 Å². The van der Waals surface area contributed by atoms with Crippen molar-refractivity contribution in [1.29, 1.82) is 0 Å². The zero-order valence-corrected chi connectivity index (χ0v) is 22.3. The van der Waals surface area contributed by atoms with Gasteiger partial charge in [-0.1, -0.05) is 44.2 Å². The molecule has 12 heteroatoms. The minimum absolute atomic E-state index is 0.0535. The lowest BCUT2D eigenvalue weighted by Crippen LogP contribution is -2.55. The molecule has 1 saturated heterocycles. The number of hydrogen-bond donors (Lipinski definition) is 4. The summed E-state index contributed by atoms with van der Waals surface area (Å²) in [5.41, 5.74) is 0.807. The number of ether oxygens (including phenoxy) is 2. The van der Waals surface area contributed by atoms with E-state index < -0.39 is 60.6 Å². The molecule has 1 aliphatic rings. The molecular weight excluding hydrogens is 496 g/mol. The van der Waals surface area contributed by atoms with E-state index in [0.717, 1.165) is 12.7 Å². The SMILES string of the molecule is COC(=O)[C@@H](NC(=O)CNC(=O)[C@@H]1CCCN1C(=O)[C@H](CC(C)C)NC(=O)OCc1ccccc1)[C@@H](C)O. The van der Waals surface area contributed by atoms with Crippen molar-refractivity contribution in [3.8, 4) is 0 Å². The largest absolute Gasteiger partial charge is 0.467 e. The molecule has 4 N–H and O–H groups in total. The van der Waals surface area contributed by atoms with Crippen LogP contribution in [0.15, 0.2) is 30.3 Å². The molecule has 0 radical (unpaired) electrons. The van der Waals surface area contributed by atoms with E-state index in [9.17, 15) is 29.1 Å². The normalized spacial score (nSPS) is 17.2. The third kappa shape index (κ3) is 9.33. The van der Waals surface area contributed by atoms with Crippen LogP contribution >= 0.6 is 0 Å². The van der Waals surface area contributed by atoms with Gasteiger partial charge in [0, 0.05) is 6.54 Å². The first-order chi connectivity index (χ1) is 18.0. The highest BCUT2D eigenvalue weighted by atomic mass is 16.5. The van der Waals surface area contributed by atoms with Crippen molar-refractivity contribution in [2.24, 2.45) is 5.92 Å². The summed E-state index contributed by atoms with van der Waals surface area (Å²) >= 11 is 0. The maximum Gasteiger partial charge on any atom is 0.408 e. The number of benzene rings is 1. The lowest BCUT2D eigenvalue weighted by molar-refractivity contribution is -0.148. The van der Waals surface area contributed by atoms with Crippen LogP contribution in [-0.2, 0) is 35.3 Å². The molecule has 1 aromatic carbocycles. The molecule has 38 heavy (non-hydrogen) atoms. The third-order valence-electron chi connectivity index (χ3n) is 6.03. The van der Waals surface area contributed by atoms with Crippen LogP contribution in [0.4, 0.5) is 4.79 Å². The Morgan fingerprint density at radius 2 is 1.76 bits per heavy atom. The number of methoxy groups -OCH3 is 1. The summed E-state index contributed by atoms with van der Waals surface area (Å²) in [5, 5.41) is 17.1. The van der Waals surface area contributed by atoms with Gasteiger partial charge in [0.1, 0.15) is 18.7 Å². The third-order valence-corrected chi connectivity index (χ3v) is 6.03. The summed E-state index contributed by atoms with van der Waals surface area (Å²) in [6, 6.07) is 6.16. The van der Waals surface area contributed by atoms with Crippen molar-refractivity contribution in [2.75, 3.05) is 20.2 Å². The summed E-state index contributed by atoms with van der Waals surface area (Å²) < 4.78 is 9.82. The molecule has 4 amide bonds. The Bertz CT molecular complexity index is 969. The van der Waals surface area contributed by atoms with Gasteiger partial charge in [-0.05, 0) is 37.7 Å². The summed E-state index contributed by atoms with van der Waals surface area (Å²) in [6.45, 7) is 5.07. The Morgan fingerprint density at radius 1 is 1.08 bits per heavy atom. The van der Waals surface area contributed by atoms with Gasteiger partial charge < -0.3 is 35.4 Å². The van der Waals surface area contributed by atoms with Gasteiger partial charge in [0.25, 0.3) is 0 Å². The highest BCUT2D eigenvalue weighted by Gasteiger charge is 2.38. The fourth-order valence-corrected chi connectivity index (χ4v) is 4.12. The number of nitrogens with one attached hydrogen (secondary N) is 3. The number of aliphatic hydroxyl groups excluding tert-OH is 1. The number of aliphatic hydroxyl groups is 1. The number of alkyl carbamates (subject to hydrolysis) is 1. The van der Waals surface area contributed by atoms with Gasteiger partial charge in [0.2, 0.25) is 17.7 Å². The molecule has 12 nitrogen and oxygen atoms in total. The van der Waals surface area contributed by atoms with Crippen molar-refractivity contribution in [3.63, 3.8) is 0 Å². The topological polar surface area (TPSA) is 163 Å². The Hall–Kier alpha value is -3.67. The standard InChI is InChI=1S/C26H38N4O8/c1-16(2)13-19(28-26(36)38-15-18-9-6-5-7-10-18)24(34)30-12-8-11-20(30)23(33)27-14-21(32)29-22(17(3)31)25(35)37-4/h5-7,9-10,16-17,19-20,22,31H,8,11-15H2,1-4H3,(H,27,33)(H,28,36)(H,29,32)/t17-,19+,20+,22+/m1/s1. The molecule has 1 fully saturated rings. The van der Waals surface area contributed by atoms with Gasteiger partial charge in [-0.2, -0.15) is 0 Å². The molecule has 2 rings (SSSR count). The highest BCUT2D eigenvalue weighted by Crippen LogP contribution is 2.20. The lowest BCUT2D eigenvalue weighted by atomic mass is 10.0. The Kier molecular flexibility index (Phi) is 12.0. The second kappa shape index (κ2) is 14.9. The first-order valence-electron chi connectivity index (χ1n) is 12.6. The van der Waals surface area contributed by atoms with Crippen LogP contribution in [0.3, 0.4) is 0 Å². The molecular formula is C26H38N4O8. The van der Waals surface area contributed by atoms with Crippen LogP contribution in [0, 0.1) is 5.92 Å². The van der Waals surface area contributed by atoms with E-state index in [1.54, 1.807) is 0 Å². The van der Waals surface area contributed by atoms with Gasteiger partial charge in [0.15, 0.2) is 6.04 Å². The van der Waals surface area contributed by atoms with Crippen molar-refractivity contribution in [3.05, 3.63) is 35.9 Å². The van der Waals surface area contributed by atoms with Crippen molar-refractivity contribution in [1.82, 2.24) is 20.9 Å². The fourth-order valence-electron chi connectivity index (χ4n) is 4.12. The summed E-state index contributed by atoms with van der Waals surface area (Å²) in [7, 11) is 1.13. The number of likely N-dealkylation sites (tertiary alicyclic amines) is 1. The van der Waals surface area contributed by atoms with Gasteiger partial charge >= 0.3 is 12.1 Å². The number of esters is 1. The minimum atomic E-state index is -1.28. The van der Waals surface area contributed by atoms with Gasteiger partial charge in [-0.15, -0.1) is 0 Å². The molecule has 0 spiro atoms. The van der Waals surface area contributed by atoms with Gasteiger partial charge in [-0.25, -0.2) is 9.59 Å². The molecule has 0 saturated carbocycles. The number of amides is 4.